The molecule has 32 heavy (non-hydrogen) atoms. The van der Waals surface area contributed by atoms with Gasteiger partial charge in [-0.2, -0.15) is 10.2 Å². The van der Waals surface area contributed by atoms with Crippen LogP contribution in [-0.2, 0) is 4.79 Å². The molecule has 0 atom stereocenters. The number of carbonyl (C=O) groups excluding carboxylic acids is 1. The molecule has 6 nitrogen and oxygen atoms in total. The highest BCUT2D eigenvalue weighted by molar-refractivity contribution is 6.30. The Morgan fingerprint density at radius 3 is 2.62 bits per heavy atom. The van der Waals surface area contributed by atoms with Gasteiger partial charge in [0.05, 0.1) is 11.9 Å². The molecular weight excluding hydrogens is 424 g/mol. The van der Waals surface area contributed by atoms with E-state index in [1.165, 1.54) is 0 Å². The molecule has 0 saturated carbocycles. The molecule has 0 aliphatic rings. The van der Waals surface area contributed by atoms with E-state index in [1.54, 1.807) is 35.2 Å². The monoisotopic (exact) mass is 444 g/mol. The predicted molar refractivity (Wildman–Crippen MR) is 126 cm³/mol. The smallest absolute Gasteiger partial charge is 0.277 e. The number of ether oxygens (including phenoxy) is 1. The minimum absolute atomic E-state index is 0.160. The van der Waals surface area contributed by atoms with Crippen LogP contribution >= 0.6 is 11.6 Å². The first-order valence-corrected chi connectivity index (χ1v) is 10.4. The average Bonchev–Trinajstić information content (AvgIpc) is 3.23. The zero-order valence-electron chi connectivity index (χ0n) is 17.4. The fraction of sp³-hybridized carbons (Fsp3) is 0.0800. The van der Waals surface area contributed by atoms with Gasteiger partial charge < -0.3 is 4.74 Å². The van der Waals surface area contributed by atoms with Crippen LogP contribution in [-0.4, -0.2) is 28.5 Å². The summed E-state index contributed by atoms with van der Waals surface area (Å²) in [7, 11) is 0. The molecule has 0 bridgehead atoms. The van der Waals surface area contributed by atoms with Crippen molar-refractivity contribution in [2.75, 3.05) is 6.61 Å². The second kappa shape index (κ2) is 9.94. The van der Waals surface area contributed by atoms with E-state index in [2.05, 4.69) is 16.6 Å². The Hall–Kier alpha value is -3.90. The van der Waals surface area contributed by atoms with Crippen LogP contribution in [0, 0.1) is 6.92 Å². The number of carbonyl (C=O) groups is 1. The molecular formula is C25H21ClN4O2. The number of amides is 1. The van der Waals surface area contributed by atoms with Crippen molar-refractivity contribution in [3.63, 3.8) is 0 Å². The zero-order valence-corrected chi connectivity index (χ0v) is 18.2. The second-order valence-corrected chi connectivity index (χ2v) is 7.55. The average molecular weight is 445 g/mol. The number of nitrogens with zero attached hydrogens (tertiary/aromatic N) is 3. The van der Waals surface area contributed by atoms with Crippen LogP contribution in [0.4, 0.5) is 0 Å². The number of hydrogen-bond donors (Lipinski definition) is 1. The third-order valence-corrected chi connectivity index (χ3v) is 4.88. The number of rotatable bonds is 7. The van der Waals surface area contributed by atoms with Crippen molar-refractivity contribution in [1.82, 2.24) is 15.2 Å². The van der Waals surface area contributed by atoms with Crippen LogP contribution in [0.15, 0.2) is 90.2 Å². The normalized spacial score (nSPS) is 10.9. The lowest BCUT2D eigenvalue weighted by atomic mass is 10.1. The van der Waals surface area contributed by atoms with Crippen LogP contribution in [0.3, 0.4) is 0 Å². The second-order valence-electron chi connectivity index (χ2n) is 7.12. The van der Waals surface area contributed by atoms with Crippen molar-refractivity contribution < 1.29 is 9.53 Å². The van der Waals surface area contributed by atoms with E-state index in [9.17, 15) is 4.79 Å². The summed E-state index contributed by atoms with van der Waals surface area (Å²) in [6.45, 7) is 1.87. The minimum atomic E-state index is -0.372. The van der Waals surface area contributed by atoms with Crippen LogP contribution < -0.4 is 10.2 Å². The van der Waals surface area contributed by atoms with Crippen molar-refractivity contribution in [3.05, 3.63) is 101 Å². The Labute approximate surface area is 191 Å². The van der Waals surface area contributed by atoms with E-state index >= 15 is 0 Å². The number of halogens is 1. The van der Waals surface area contributed by atoms with Crippen LogP contribution in [0.25, 0.3) is 16.9 Å². The molecule has 4 rings (SSSR count). The first-order valence-electron chi connectivity index (χ1n) is 10.0. The molecule has 1 amide bonds. The van der Waals surface area contributed by atoms with Crippen molar-refractivity contribution in [3.8, 4) is 22.7 Å². The van der Waals surface area contributed by atoms with Gasteiger partial charge in [-0.15, -0.1) is 0 Å². The zero-order chi connectivity index (χ0) is 22.3. The number of hydrazone groups is 1. The lowest BCUT2D eigenvalue weighted by Crippen LogP contribution is -2.24. The van der Waals surface area contributed by atoms with Gasteiger partial charge in [-0.05, 0) is 49.4 Å². The molecule has 1 aromatic heterocycles. The summed E-state index contributed by atoms with van der Waals surface area (Å²) in [6.07, 6.45) is 3.47. The summed E-state index contributed by atoms with van der Waals surface area (Å²) in [5, 5.41) is 9.46. The standard InChI is InChI=1S/C25H21ClN4O2/c1-18-6-5-7-19(14-18)25-20(16-30(29-25)22-8-3-2-4-9-22)15-27-28-24(31)17-32-23-12-10-21(26)11-13-23/h2-16H,17H2,1H3,(H,28,31). The molecule has 0 fully saturated rings. The summed E-state index contributed by atoms with van der Waals surface area (Å²) in [4.78, 5) is 12.1. The summed E-state index contributed by atoms with van der Waals surface area (Å²) in [5.41, 5.74) is 7.08. The minimum Gasteiger partial charge on any atom is -0.484 e. The Morgan fingerprint density at radius 1 is 1.09 bits per heavy atom. The van der Waals surface area contributed by atoms with E-state index in [0.717, 1.165) is 28.1 Å². The van der Waals surface area contributed by atoms with E-state index in [4.69, 9.17) is 21.4 Å². The summed E-state index contributed by atoms with van der Waals surface area (Å²) < 4.78 is 7.23. The van der Waals surface area contributed by atoms with Gasteiger partial charge in [-0.1, -0.05) is 53.6 Å². The maximum Gasteiger partial charge on any atom is 0.277 e. The lowest BCUT2D eigenvalue weighted by molar-refractivity contribution is -0.123. The third kappa shape index (κ3) is 5.42. The SMILES string of the molecule is Cc1cccc(-c2nn(-c3ccccc3)cc2C=NNC(=O)COc2ccc(Cl)cc2)c1. The molecule has 3 aromatic carbocycles. The van der Waals surface area contributed by atoms with Crippen molar-refractivity contribution >= 4 is 23.7 Å². The number of aryl methyl sites for hydroxylation is 1. The summed E-state index contributed by atoms with van der Waals surface area (Å²) >= 11 is 5.85. The molecule has 160 valence electrons. The molecule has 4 aromatic rings. The molecule has 0 spiro atoms. The summed E-state index contributed by atoms with van der Waals surface area (Å²) in [6, 6.07) is 24.7. The fourth-order valence-corrected chi connectivity index (χ4v) is 3.22. The fourth-order valence-electron chi connectivity index (χ4n) is 3.10. The summed E-state index contributed by atoms with van der Waals surface area (Å²) in [5.74, 6) is 0.183. The van der Waals surface area contributed by atoms with E-state index in [0.29, 0.717) is 10.8 Å². The Balaban J connectivity index is 1.50. The van der Waals surface area contributed by atoms with Gasteiger partial charge in [0, 0.05) is 22.3 Å². The molecule has 0 unspecified atom stereocenters. The highest BCUT2D eigenvalue weighted by Crippen LogP contribution is 2.23. The van der Waals surface area contributed by atoms with E-state index in [-0.39, 0.29) is 12.5 Å². The largest absolute Gasteiger partial charge is 0.484 e. The molecule has 0 aliphatic carbocycles. The number of benzene rings is 3. The first-order chi connectivity index (χ1) is 15.6. The van der Waals surface area contributed by atoms with Crippen LogP contribution in [0.1, 0.15) is 11.1 Å². The predicted octanol–water partition coefficient (Wildman–Crippen LogP) is 5.03. The topological polar surface area (TPSA) is 68.5 Å². The number of para-hydroxylation sites is 1. The molecule has 0 radical (unpaired) electrons. The van der Waals surface area contributed by atoms with Gasteiger partial charge in [0.1, 0.15) is 11.4 Å². The third-order valence-electron chi connectivity index (χ3n) is 4.63. The first kappa shape index (κ1) is 21.3. The maximum absolute atomic E-state index is 12.1. The lowest BCUT2D eigenvalue weighted by Gasteiger charge is -2.04. The highest BCUT2D eigenvalue weighted by Gasteiger charge is 2.11. The molecule has 0 saturated heterocycles. The van der Waals surface area contributed by atoms with Gasteiger partial charge in [0.25, 0.3) is 5.91 Å². The maximum atomic E-state index is 12.1. The van der Waals surface area contributed by atoms with Gasteiger partial charge in [0.15, 0.2) is 6.61 Å². The molecule has 1 N–H and O–H groups in total. The molecule has 0 aliphatic heterocycles. The number of nitrogens with one attached hydrogen (secondary N) is 1. The van der Waals surface area contributed by atoms with E-state index in [1.807, 2.05) is 61.7 Å². The van der Waals surface area contributed by atoms with Crippen molar-refractivity contribution in [2.24, 2.45) is 5.10 Å². The van der Waals surface area contributed by atoms with Gasteiger partial charge >= 0.3 is 0 Å². The van der Waals surface area contributed by atoms with Crippen LogP contribution in [0.5, 0.6) is 5.75 Å². The highest BCUT2D eigenvalue weighted by atomic mass is 35.5. The quantitative estimate of drug-likeness (QED) is 0.321. The van der Waals surface area contributed by atoms with Gasteiger partial charge in [-0.3, -0.25) is 4.79 Å². The number of hydrogen-bond acceptors (Lipinski definition) is 4. The van der Waals surface area contributed by atoms with Crippen molar-refractivity contribution in [1.29, 1.82) is 0 Å². The molecule has 7 heteroatoms. The Kier molecular flexibility index (Phi) is 6.63. The van der Waals surface area contributed by atoms with E-state index < -0.39 is 0 Å². The molecule has 1 heterocycles. The Bertz CT molecular complexity index is 1230. The van der Waals surface area contributed by atoms with Gasteiger partial charge in [0.2, 0.25) is 0 Å². The van der Waals surface area contributed by atoms with Crippen molar-refractivity contribution in [2.45, 2.75) is 6.92 Å². The van der Waals surface area contributed by atoms with Crippen LogP contribution in [0.2, 0.25) is 5.02 Å². The van der Waals surface area contributed by atoms with Gasteiger partial charge in [-0.25, -0.2) is 10.1 Å². The number of aromatic nitrogens is 2. The Morgan fingerprint density at radius 2 is 1.88 bits per heavy atom.